The Morgan fingerprint density at radius 3 is 2.92 bits per heavy atom. The largest absolute Gasteiger partial charge is 0.388 e. The van der Waals surface area contributed by atoms with Gasteiger partial charge in [-0.05, 0) is 6.92 Å². The number of aromatic nitrogens is 2. The van der Waals surface area contributed by atoms with Crippen LogP contribution in [0, 0.1) is 6.92 Å². The average Bonchev–Trinajstić information content (AvgIpc) is 2.30. The molecule has 0 saturated carbocycles. The molecule has 0 aliphatic carbocycles. The second-order valence-electron chi connectivity index (χ2n) is 2.76. The summed E-state index contributed by atoms with van der Waals surface area (Å²) in [5.74, 6) is 0. The van der Waals surface area contributed by atoms with Gasteiger partial charge in [0.05, 0.1) is 11.8 Å². The van der Waals surface area contributed by atoms with Gasteiger partial charge in [-0.25, -0.2) is 0 Å². The van der Waals surface area contributed by atoms with E-state index in [1.807, 2.05) is 6.92 Å². The molecule has 1 heterocycles. The molecule has 1 aromatic rings. The molecule has 0 aliphatic heterocycles. The lowest BCUT2D eigenvalue weighted by Gasteiger charge is -2.03. The zero-order chi connectivity index (χ0) is 9.14. The van der Waals surface area contributed by atoms with E-state index in [0.717, 1.165) is 11.3 Å². The van der Waals surface area contributed by atoms with Crippen LogP contribution in [-0.2, 0) is 11.8 Å². The summed E-state index contributed by atoms with van der Waals surface area (Å²) in [7, 11) is 1.78. The number of hydrogen-bond donors (Lipinski definition) is 1. The normalized spacial score (nSPS) is 12.9. The Kier molecular flexibility index (Phi) is 2.60. The third-order valence-electron chi connectivity index (χ3n) is 1.73. The van der Waals surface area contributed by atoms with Crippen LogP contribution in [0.4, 0.5) is 0 Å². The molecule has 0 aromatic carbocycles. The van der Waals surface area contributed by atoms with Crippen molar-refractivity contribution in [1.82, 2.24) is 9.78 Å². The van der Waals surface area contributed by atoms with E-state index in [9.17, 15) is 9.90 Å². The summed E-state index contributed by atoms with van der Waals surface area (Å²) in [6.07, 6.45) is 1.85. The highest BCUT2D eigenvalue weighted by Gasteiger charge is 2.12. The van der Waals surface area contributed by atoms with Crippen molar-refractivity contribution in [2.24, 2.45) is 7.05 Å². The van der Waals surface area contributed by atoms with Crippen molar-refractivity contribution in [3.8, 4) is 0 Å². The number of carbonyl (C=O) groups excluding carboxylic acids is 1. The molecular formula is C8H12N2O2. The van der Waals surface area contributed by atoms with Crippen LogP contribution in [0.1, 0.15) is 23.8 Å². The first-order valence-corrected chi connectivity index (χ1v) is 3.77. The second-order valence-corrected chi connectivity index (χ2v) is 2.76. The van der Waals surface area contributed by atoms with Crippen molar-refractivity contribution < 1.29 is 9.90 Å². The van der Waals surface area contributed by atoms with Crippen LogP contribution in [0.5, 0.6) is 0 Å². The Balaban J connectivity index is 2.85. The average molecular weight is 168 g/mol. The summed E-state index contributed by atoms with van der Waals surface area (Å²) in [6.45, 7) is 1.81. The molecule has 0 amide bonds. The summed E-state index contributed by atoms with van der Waals surface area (Å²) < 4.78 is 1.62. The Labute approximate surface area is 70.8 Å². The van der Waals surface area contributed by atoms with Crippen LogP contribution in [-0.4, -0.2) is 21.2 Å². The van der Waals surface area contributed by atoms with Crippen molar-refractivity contribution in [2.75, 3.05) is 0 Å². The molecular weight excluding hydrogens is 156 g/mol. The Bertz CT molecular complexity index is 281. The van der Waals surface area contributed by atoms with Crippen LogP contribution >= 0.6 is 0 Å². The molecule has 1 aromatic heterocycles. The predicted molar refractivity (Wildman–Crippen MR) is 43.6 cm³/mol. The molecule has 12 heavy (non-hydrogen) atoms. The summed E-state index contributed by atoms with van der Waals surface area (Å²) in [6, 6.07) is 0. The van der Waals surface area contributed by atoms with Crippen molar-refractivity contribution >= 4 is 6.29 Å². The minimum Gasteiger partial charge on any atom is -0.388 e. The maximum Gasteiger partial charge on any atom is 0.122 e. The van der Waals surface area contributed by atoms with E-state index in [-0.39, 0.29) is 6.42 Å². The smallest absolute Gasteiger partial charge is 0.122 e. The van der Waals surface area contributed by atoms with Gasteiger partial charge in [0.25, 0.3) is 0 Å². The summed E-state index contributed by atoms with van der Waals surface area (Å²) in [5, 5.41) is 13.5. The third-order valence-corrected chi connectivity index (χ3v) is 1.73. The highest BCUT2D eigenvalue weighted by Crippen LogP contribution is 2.17. The maximum absolute atomic E-state index is 10.1. The van der Waals surface area contributed by atoms with Crippen LogP contribution in [0.2, 0.25) is 0 Å². The molecule has 0 bridgehead atoms. The number of hydrogen-bond acceptors (Lipinski definition) is 3. The van der Waals surface area contributed by atoms with Gasteiger partial charge in [0.2, 0.25) is 0 Å². The van der Waals surface area contributed by atoms with Gasteiger partial charge < -0.3 is 9.90 Å². The van der Waals surface area contributed by atoms with E-state index in [4.69, 9.17) is 0 Å². The van der Waals surface area contributed by atoms with E-state index < -0.39 is 6.10 Å². The van der Waals surface area contributed by atoms with E-state index in [2.05, 4.69) is 5.10 Å². The van der Waals surface area contributed by atoms with E-state index in [0.29, 0.717) is 6.29 Å². The van der Waals surface area contributed by atoms with Gasteiger partial charge in [0.15, 0.2) is 0 Å². The Morgan fingerprint density at radius 2 is 2.50 bits per heavy atom. The quantitative estimate of drug-likeness (QED) is 0.662. The lowest BCUT2D eigenvalue weighted by molar-refractivity contribution is -0.109. The predicted octanol–water partition coefficient (Wildman–Crippen LogP) is 0.351. The Morgan fingerprint density at radius 1 is 1.83 bits per heavy atom. The standard InChI is InChI=1S/C8H12N2O2/c1-6-7(5-10(2)9-6)8(12)3-4-11/h4-5,8,12H,3H2,1-2H3. The third kappa shape index (κ3) is 1.71. The first kappa shape index (κ1) is 8.93. The minimum atomic E-state index is -0.712. The van der Waals surface area contributed by atoms with Gasteiger partial charge in [-0.3, -0.25) is 4.68 Å². The second kappa shape index (κ2) is 3.49. The maximum atomic E-state index is 10.1. The summed E-state index contributed by atoms with van der Waals surface area (Å²) in [4.78, 5) is 10.1. The van der Waals surface area contributed by atoms with Gasteiger partial charge in [-0.15, -0.1) is 0 Å². The highest BCUT2D eigenvalue weighted by molar-refractivity contribution is 5.51. The van der Waals surface area contributed by atoms with Gasteiger partial charge in [0, 0.05) is 25.2 Å². The first-order valence-electron chi connectivity index (χ1n) is 3.77. The highest BCUT2D eigenvalue weighted by atomic mass is 16.3. The molecule has 4 nitrogen and oxygen atoms in total. The zero-order valence-electron chi connectivity index (χ0n) is 7.19. The van der Waals surface area contributed by atoms with E-state index in [1.54, 1.807) is 17.9 Å². The molecule has 0 radical (unpaired) electrons. The van der Waals surface area contributed by atoms with Crippen molar-refractivity contribution in [1.29, 1.82) is 0 Å². The number of carbonyl (C=O) groups is 1. The number of aldehydes is 1. The van der Waals surface area contributed by atoms with Gasteiger partial charge in [-0.1, -0.05) is 0 Å². The molecule has 0 fully saturated rings. The fourth-order valence-electron chi connectivity index (χ4n) is 1.16. The zero-order valence-corrected chi connectivity index (χ0v) is 7.19. The van der Waals surface area contributed by atoms with Crippen LogP contribution in [0.25, 0.3) is 0 Å². The molecule has 0 aliphatic rings. The van der Waals surface area contributed by atoms with Gasteiger partial charge in [0.1, 0.15) is 6.29 Å². The Hall–Kier alpha value is -1.16. The fourth-order valence-corrected chi connectivity index (χ4v) is 1.16. The number of aliphatic hydroxyl groups is 1. The van der Waals surface area contributed by atoms with E-state index in [1.165, 1.54) is 0 Å². The van der Waals surface area contributed by atoms with Crippen molar-refractivity contribution in [3.05, 3.63) is 17.5 Å². The molecule has 1 unspecified atom stereocenters. The molecule has 0 saturated heterocycles. The van der Waals surface area contributed by atoms with E-state index >= 15 is 0 Å². The molecule has 1 N–H and O–H groups in total. The lowest BCUT2D eigenvalue weighted by Crippen LogP contribution is -1.98. The number of aliphatic hydroxyl groups excluding tert-OH is 1. The molecule has 66 valence electrons. The molecule has 0 spiro atoms. The van der Waals surface area contributed by atoms with Crippen LogP contribution < -0.4 is 0 Å². The summed E-state index contributed by atoms with van der Waals surface area (Å²) >= 11 is 0. The lowest BCUT2D eigenvalue weighted by atomic mass is 10.1. The fraction of sp³-hybridized carbons (Fsp3) is 0.500. The monoisotopic (exact) mass is 168 g/mol. The SMILES string of the molecule is Cc1nn(C)cc1C(O)CC=O. The number of nitrogens with zero attached hydrogens (tertiary/aromatic N) is 2. The first-order chi connectivity index (χ1) is 5.65. The minimum absolute atomic E-state index is 0.131. The summed E-state index contributed by atoms with van der Waals surface area (Å²) in [5.41, 5.74) is 1.50. The topological polar surface area (TPSA) is 55.1 Å². The van der Waals surface area contributed by atoms with Crippen molar-refractivity contribution in [3.63, 3.8) is 0 Å². The molecule has 1 atom stereocenters. The van der Waals surface area contributed by atoms with Crippen molar-refractivity contribution in [2.45, 2.75) is 19.4 Å². The molecule has 1 rings (SSSR count). The number of aryl methyl sites for hydroxylation is 2. The number of rotatable bonds is 3. The van der Waals surface area contributed by atoms with Gasteiger partial charge in [-0.2, -0.15) is 5.10 Å². The molecule has 4 heteroatoms. The van der Waals surface area contributed by atoms with Crippen LogP contribution in [0.15, 0.2) is 6.20 Å². The van der Waals surface area contributed by atoms with Crippen LogP contribution in [0.3, 0.4) is 0 Å². The van der Waals surface area contributed by atoms with Gasteiger partial charge >= 0.3 is 0 Å².